The molecule has 6 nitrogen and oxygen atoms in total. The largest absolute Gasteiger partial charge is 0.310 e. The van der Waals surface area contributed by atoms with Crippen LogP contribution in [0.4, 0.5) is 5.82 Å². The number of nitrogens with zero attached hydrogens (tertiary/aromatic N) is 2. The van der Waals surface area contributed by atoms with E-state index in [1.54, 1.807) is 19.2 Å². The summed E-state index contributed by atoms with van der Waals surface area (Å²) in [5.74, 6) is -0.502. The summed E-state index contributed by atoms with van der Waals surface area (Å²) in [6, 6.07) is 22.7. The van der Waals surface area contributed by atoms with Gasteiger partial charge in [0.1, 0.15) is 5.82 Å². The van der Waals surface area contributed by atoms with Gasteiger partial charge in [-0.25, -0.2) is 10.4 Å². The Bertz CT molecular complexity index is 994. The number of pyridine rings is 1. The van der Waals surface area contributed by atoms with E-state index in [1.807, 2.05) is 73.7 Å². The highest BCUT2D eigenvalue weighted by Gasteiger charge is 2.22. The van der Waals surface area contributed by atoms with E-state index in [0.717, 1.165) is 16.7 Å². The van der Waals surface area contributed by atoms with Crippen molar-refractivity contribution in [3.8, 4) is 0 Å². The molecule has 0 aliphatic carbocycles. The van der Waals surface area contributed by atoms with Crippen molar-refractivity contribution in [3.63, 3.8) is 0 Å². The van der Waals surface area contributed by atoms with Crippen molar-refractivity contribution in [2.45, 2.75) is 26.2 Å². The highest BCUT2D eigenvalue weighted by molar-refractivity contribution is 6.05. The Morgan fingerprint density at radius 3 is 2.13 bits per heavy atom. The Morgan fingerprint density at radius 1 is 0.967 bits per heavy atom. The smallest absolute Gasteiger partial charge is 0.252 e. The zero-order valence-corrected chi connectivity index (χ0v) is 17.0. The third-order valence-corrected chi connectivity index (χ3v) is 4.48. The summed E-state index contributed by atoms with van der Waals surface area (Å²) in [4.78, 5) is 29.3. The molecule has 152 valence electrons. The number of nitrogens with one attached hydrogen (secondary N) is 2. The lowest BCUT2D eigenvalue weighted by atomic mass is 9.91. The van der Waals surface area contributed by atoms with Crippen LogP contribution in [0.15, 0.2) is 84.1 Å². The molecule has 0 radical (unpaired) electrons. The number of anilines is 1. The molecule has 0 unspecified atom stereocenters. The number of aryl methyl sites for hydroxylation is 1. The van der Waals surface area contributed by atoms with Gasteiger partial charge in [-0.05, 0) is 42.7 Å². The van der Waals surface area contributed by atoms with Crippen LogP contribution >= 0.6 is 0 Å². The molecule has 0 atom stereocenters. The second-order valence-corrected chi connectivity index (χ2v) is 7.02. The van der Waals surface area contributed by atoms with Crippen LogP contribution in [0, 0.1) is 6.92 Å². The van der Waals surface area contributed by atoms with Gasteiger partial charge in [0, 0.05) is 11.9 Å². The van der Waals surface area contributed by atoms with Gasteiger partial charge in [0.2, 0.25) is 5.91 Å². The van der Waals surface area contributed by atoms with Crippen molar-refractivity contribution < 1.29 is 9.59 Å². The predicted octanol–water partition coefficient (Wildman–Crippen LogP) is 4.04. The molecule has 0 fully saturated rings. The predicted molar refractivity (Wildman–Crippen MR) is 118 cm³/mol. The first-order valence-corrected chi connectivity index (χ1v) is 9.68. The molecule has 0 aliphatic rings. The molecular formula is C24H24N4O2. The summed E-state index contributed by atoms with van der Waals surface area (Å²) < 4.78 is 0. The van der Waals surface area contributed by atoms with Crippen LogP contribution in [0.5, 0.6) is 0 Å². The van der Waals surface area contributed by atoms with E-state index >= 15 is 0 Å². The normalized spacial score (nSPS) is 11.2. The van der Waals surface area contributed by atoms with E-state index < -0.39 is 5.92 Å². The number of hydrazone groups is 1. The maximum absolute atomic E-state index is 12.9. The molecular weight excluding hydrogens is 376 g/mol. The molecule has 0 spiro atoms. The summed E-state index contributed by atoms with van der Waals surface area (Å²) in [7, 11) is 0. The quantitative estimate of drug-likeness (QED) is 0.464. The van der Waals surface area contributed by atoms with Crippen molar-refractivity contribution >= 4 is 23.3 Å². The van der Waals surface area contributed by atoms with E-state index in [-0.39, 0.29) is 18.2 Å². The van der Waals surface area contributed by atoms with Crippen molar-refractivity contribution in [2.75, 3.05) is 5.32 Å². The number of amides is 2. The van der Waals surface area contributed by atoms with Gasteiger partial charge in [0.25, 0.3) is 5.91 Å². The maximum Gasteiger partial charge on any atom is 0.252 e. The molecule has 2 aromatic carbocycles. The Labute approximate surface area is 176 Å². The lowest BCUT2D eigenvalue weighted by molar-refractivity contribution is -0.121. The average Bonchev–Trinajstić information content (AvgIpc) is 2.74. The van der Waals surface area contributed by atoms with Gasteiger partial charge in [-0.2, -0.15) is 5.10 Å². The van der Waals surface area contributed by atoms with Crippen LogP contribution in [0.3, 0.4) is 0 Å². The van der Waals surface area contributed by atoms with Gasteiger partial charge in [0.15, 0.2) is 0 Å². The molecule has 0 saturated heterocycles. The minimum atomic E-state index is -0.491. The van der Waals surface area contributed by atoms with Gasteiger partial charge < -0.3 is 5.32 Å². The summed E-state index contributed by atoms with van der Waals surface area (Å²) in [5, 5.41) is 6.86. The SMILES string of the molecule is C/C(CC(=O)Nc1cc(C)ccn1)=N\NC(=O)C(c1ccccc1)c1ccccc1. The Kier molecular flexibility index (Phi) is 7.05. The molecule has 0 aliphatic heterocycles. The Balaban J connectivity index is 1.66. The van der Waals surface area contributed by atoms with E-state index in [4.69, 9.17) is 0 Å². The summed E-state index contributed by atoms with van der Waals surface area (Å²) >= 11 is 0. The minimum absolute atomic E-state index is 0.0528. The van der Waals surface area contributed by atoms with Crippen LogP contribution in [0.25, 0.3) is 0 Å². The van der Waals surface area contributed by atoms with Gasteiger partial charge in [-0.1, -0.05) is 60.7 Å². The highest BCUT2D eigenvalue weighted by Crippen LogP contribution is 2.24. The topological polar surface area (TPSA) is 83.4 Å². The first kappa shape index (κ1) is 20.9. The molecule has 1 aromatic heterocycles. The van der Waals surface area contributed by atoms with Gasteiger partial charge in [-0.15, -0.1) is 0 Å². The third kappa shape index (κ3) is 5.85. The highest BCUT2D eigenvalue weighted by atomic mass is 16.2. The number of hydrogen-bond donors (Lipinski definition) is 2. The maximum atomic E-state index is 12.9. The van der Waals surface area contributed by atoms with E-state index in [9.17, 15) is 9.59 Å². The van der Waals surface area contributed by atoms with Crippen molar-refractivity contribution in [2.24, 2.45) is 5.10 Å². The van der Waals surface area contributed by atoms with Crippen LogP contribution in [0.1, 0.15) is 36.0 Å². The van der Waals surface area contributed by atoms with E-state index in [1.165, 1.54) is 0 Å². The molecule has 6 heteroatoms. The zero-order chi connectivity index (χ0) is 21.3. The van der Waals surface area contributed by atoms with Gasteiger partial charge in [0.05, 0.1) is 12.3 Å². The third-order valence-electron chi connectivity index (χ3n) is 4.48. The number of carbonyl (C=O) groups excluding carboxylic acids is 2. The van der Waals surface area contributed by atoms with Crippen molar-refractivity contribution in [1.29, 1.82) is 0 Å². The van der Waals surface area contributed by atoms with E-state index in [0.29, 0.717) is 11.5 Å². The average molecular weight is 400 g/mol. The van der Waals surface area contributed by atoms with Crippen LogP contribution < -0.4 is 10.7 Å². The van der Waals surface area contributed by atoms with Crippen LogP contribution in [-0.2, 0) is 9.59 Å². The molecule has 2 amide bonds. The number of aromatic nitrogens is 1. The Hall–Kier alpha value is -3.80. The summed E-state index contributed by atoms with van der Waals surface area (Å²) in [6.45, 7) is 3.62. The lowest BCUT2D eigenvalue weighted by Crippen LogP contribution is -2.27. The molecule has 1 heterocycles. The number of benzene rings is 2. The summed E-state index contributed by atoms with van der Waals surface area (Å²) in [5.41, 5.74) is 5.86. The standard InChI is InChI=1S/C24H24N4O2/c1-17-13-14-25-21(15-17)26-22(29)16-18(2)27-28-24(30)23(19-9-5-3-6-10-19)20-11-7-4-8-12-20/h3-15,23H,16H2,1-2H3,(H,28,30)(H,25,26,29)/b27-18+. The molecule has 0 saturated carbocycles. The van der Waals surface area contributed by atoms with Crippen molar-refractivity contribution in [1.82, 2.24) is 10.4 Å². The van der Waals surface area contributed by atoms with Gasteiger partial charge in [-0.3, -0.25) is 9.59 Å². The molecule has 3 rings (SSSR count). The Morgan fingerprint density at radius 2 is 1.57 bits per heavy atom. The number of rotatable bonds is 7. The molecule has 0 bridgehead atoms. The first-order chi connectivity index (χ1) is 14.5. The number of hydrogen-bond acceptors (Lipinski definition) is 4. The second kappa shape index (κ2) is 10.1. The molecule has 30 heavy (non-hydrogen) atoms. The van der Waals surface area contributed by atoms with Crippen LogP contribution in [0.2, 0.25) is 0 Å². The fourth-order valence-electron chi connectivity index (χ4n) is 3.06. The zero-order valence-electron chi connectivity index (χ0n) is 17.0. The monoisotopic (exact) mass is 400 g/mol. The molecule has 2 N–H and O–H groups in total. The first-order valence-electron chi connectivity index (χ1n) is 9.68. The molecule has 3 aromatic rings. The fourth-order valence-corrected chi connectivity index (χ4v) is 3.06. The van der Waals surface area contributed by atoms with Gasteiger partial charge >= 0.3 is 0 Å². The summed E-state index contributed by atoms with van der Waals surface area (Å²) in [6.07, 6.45) is 1.69. The number of carbonyl (C=O) groups is 2. The van der Waals surface area contributed by atoms with Crippen LogP contribution in [-0.4, -0.2) is 22.5 Å². The van der Waals surface area contributed by atoms with E-state index in [2.05, 4.69) is 20.8 Å². The van der Waals surface area contributed by atoms with Crippen molar-refractivity contribution in [3.05, 3.63) is 95.7 Å². The fraction of sp³-hybridized carbons (Fsp3) is 0.167. The minimum Gasteiger partial charge on any atom is -0.310 e. The lowest BCUT2D eigenvalue weighted by Gasteiger charge is -2.16. The second-order valence-electron chi connectivity index (χ2n) is 7.02.